The SMILES string of the molecule is CCCCCCNc1sc(C(=O)OCC)c(N)c1C#N. The number of nitriles is 1. The van der Waals surface area contributed by atoms with Gasteiger partial charge >= 0.3 is 5.97 Å². The fourth-order valence-electron chi connectivity index (χ4n) is 1.78. The smallest absolute Gasteiger partial charge is 0.350 e. The number of hydrogen-bond donors (Lipinski definition) is 2. The maximum Gasteiger partial charge on any atom is 0.350 e. The van der Waals surface area contributed by atoms with Crippen LogP contribution >= 0.6 is 11.3 Å². The minimum atomic E-state index is -0.467. The van der Waals surface area contributed by atoms with Crippen LogP contribution in [0.15, 0.2) is 0 Å². The summed E-state index contributed by atoms with van der Waals surface area (Å²) in [7, 11) is 0. The Hall–Kier alpha value is -1.74. The Morgan fingerprint density at radius 2 is 2.15 bits per heavy atom. The van der Waals surface area contributed by atoms with E-state index in [9.17, 15) is 4.79 Å². The summed E-state index contributed by atoms with van der Waals surface area (Å²) in [6, 6.07) is 2.05. The minimum Gasteiger partial charge on any atom is -0.462 e. The van der Waals surface area contributed by atoms with Crippen molar-refractivity contribution in [2.45, 2.75) is 39.5 Å². The second kappa shape index (κ2) is 8.43. The summed E-state index contributed by atoms with van der Waals surface area (Å²) in [5.41, 5.74) is 6.40. The van der Waals surface area contributed by atoms with Crippen molar-refractivity contribution in [2.75, 3.05) is 24.2 Å². The van der Waals surface area contributed by atoms with Crippen LogP contribution in [0.25, 0.3) is 0 Å². The molecular weight excluding hydrogens is 274 g/mol. The molecule has 0 spiro atoms. The molecule has 0 aliphatic rings. The number of carbonyl (C=O) groups is 1. The number of unbranched alkanes of at least 4 members (excludes halogenated alkanes) is 3. The van der Waals surface area contributed by atoms with Crippen molar-refractivity contribution in [3.8, 4) is 6.07 Å². The van der Waals surface area contributed by atoms with E-state index in [4.69, 9.17) is 15.7 Å². The van der Waals surface area contributed by atoms with Gasteiger partial charge in [0.25, 0.3) is 0 Å². The molecule has 0 aliphatic heterocycles. The Morgan fingerprint density at radius 3 is 2.75 bits per heavy atom. The van der Waals surface area contributed by atoms with E-state index in [0.717, 1.165) is 19.4 Å². The highest BCUT2D eigenvalue weighted by atomic mass is 32.1. The summed E-state index contributed by atoms with van der Waals surface area (Å²) in [5, 5.41) is 13.0. The first-order chi connectivity index (χ1) is 9.65. The average molecular weight is 295 g/mol. The lowest BCUT2D eigenvalue weighted by Gasteiger charge is -2.03. The first kappa shape index (κ1) is 16.3. The van der Waals surface area contributed by atoms with Crippen LogP contribution in [-0.4, -0.2) is 19.1 Å². The van der Waals surface area contributed by atoms with Crippen molar-refractivity contribution in [1.82, 2.24) is 0 Å². The predicted octanol–water partition coefficient (Wildman–Crippen LogP) is 3.37. The summed E-state index contributed by atoms with van der Waals surface area (Å²) in [6.45, 7) is 4.96. The third-order valence-electron chi connectivity index (χ3n) is 2.83. The lowest BCUT2D eigenvalue weighted by molar-refractivity contribution is 0.0533. The van der Waals surface area contributed by atoms with Crippen molar-refractivity contribution < 1.29 is 9.53 Å². The van der Waals surface area contributed by atoms with Crippen LogP contribution in [0.2, 0.25) is 0 Å². The maximum atomic E-state index is 11.7. The van der Waals surface area contributed by atoms with Crippen molar-refractivity contribution in [1.29, 1.82) is 5.26 Å². The molecule has 1 aromatic rings. The Bertz CT molecular complexity index is 491. The number of nitrogen functional groups attached to an aromatic ring is 1. The maximum absolute atomic E-state index is 11.7. The number of nitrogens with zero attached hydrogens (tertiary/aromatic N) is 1. The molecule has 1 aromatic heterocycles. The molecule has 0 aromatic carbocycles. The molecule has 0 radical (unpaired) electrons. The Kier molecular flexibility index (Phi) is 6.88. The summed E-state index contributed by atoms with van der Waals surface area (Å²) >= 11 is 1.19. The molecule has 20 heavy (non-hydrogen) atoms. The van der Waals surface area contributed by atoms with Crippen LogP contribution in [0.4, 0.5) is 10.7 Å². The van der Waals surface area contributed by atoms with Gasteiger partial charge in [-0.3, -0.25) is 0 Å². The lowest BCUT2D eigenvalue weighted by atomic mass is 10.2. The zero-order valence-corrected chi connectivity index (χ0v) is 12.8. The van der Waals surface area contributed by atoms with E-state index in [0.29, 0.717) is 15.4 Å². The van der Waals surface area contributed by atoms with Crippen molar-refractivity contribution in [2.24, 2.45) is 0 Å². The van der Waals surface area contributed by atoms with E-state index in [-0.39, 0.29) is 12.3 Å². The summed E-state index contributed by atoms with van der Waals surface area (Å²) in [4.78, 5) is 12.0. The molecule has 0 aliphatic carbocycles. The van der Waals surface area contributed by atoms with Gasteiger partial charge in [-0.2, -0.15) is 5.26 Å². The molecule has 0 fully saturated rings. The number of anilines is 2. The van der Waals surface area contributed by atoms with Crippen molar-refractivity contribution in [3.63, 3.8) is 0 Å². The molecule has 0 amide bonds. The van der Waals surface area contributed by atoms with Crippen LogP contribution in [0.1, 0.15) is 54.8 Å². The summed E-state index contributed by atoms with van der Waals surface area (Å²) in [6.07, 6.45) is 4.57. The van der Waals surface area contributed by atoms with E-state index >= 15 is 0 Å². The molecule has 0 unspecified atom stereocenters. The van der Waals surface area contributed by atoms with Crippen LogP contribution in [0.3, 0.4) is 0 Å². The van der Waals surface area contributed by atoms with E-state index in [1.165, 1.54) is 24.2 Å². The van der Waals surface area contributed by atoms with Gasteiger partial charge < -0.3 is 15.8 Å². The quantitative estimate of drug-likeness (QED) is 0.567. The Morgan fingerprint density at radius 1 is 1.40 bits per heavy atom. The average Bonchev–Trinajstić information content (AvgIpc) is 2.75. The first-order valence-corrected chi connectivity index (χ1v) is 7.70. The molecular formula is C14H21N3O2S. The molecule has 3 N–H and O–H groups in total. The second-order valence-electron chi connectivity index (χ2n) is 4.37. The minimum absolute atomic E-state index is 0.215. The number of esters is 1. The molecule has 110 valence electrons. The topological polar surface area (TPSA) is 88.1 Å². The van der Waals surface area contributed by atoms with Crippen LogP contribution in [-0.2, 0) is 4.74 Å². The van der Waals surface area contributed by atoms with E-state index in [2.05, 4.69) is 12.2 Å². The molecule has 1 heterocycles. The van der Waals surface area contributed by atoms with Gasteiger partial charge in [0.2, 0.25) is 0 Å². The molecule has 0 bridgehead atoms. The van der Waals surface area contributed by atoms with E-state index in [1.54, 1.807) is 6.92 Å². The normalized spacial score (nSPS) is 10.1. The van der Waals surface area contributed by atoms with Gasteiger partial charge in [0.1, 0.15) is 21.5 Å². The third-order valence-corrected chi connectivity index (χ3v) is 3.98. The fraction of sp³-hybridized carbons (Fsp3) is 0.571. The number of nitrogens with two attached hydrogens (primary N) is 1. The number of ether oxygens (including phenoxy) is 1. The third kappa shape index (κ3) is 4.14. The first-order valence-electron chi connectivity index (χ1n) is 6.89. The van der Waals surface area contributed by atoms with Crippen LogP contribution in [0, 0.1) is 11.3 Å². The van der Waals surface area contributed by atoms with Crippen LogP contribution < -0.4 is 11.1 Å². The summed E-state index contributed by atoms with van der Waals surface area (Å²) in [5.74, 6) is -0.467. The van der Waals surface area contributed by atoms with E-state index < -0.39 is 5.97 Å². The van der Waals surface area contributed by atoms with Crippen molar-refractivity contribution in [3.05, 3.63) is 10.4 Å². The molecule has 0 saturated carbocycles. The standard InChI is InChI=1S/C14H21N3O2S/c1-3-5-6-7-8-17-13-10(9-15)11(16)12(20-13)14(18)19-4-2/h17H,3-8,16H2,1-2H3. The largest absolute Gasteiger partial charge is 0.462 e. The number of thiophene rings is 1. The summed E-state index contributed by atoms with van der Waals surface area (Å²) < 4.78 is 4.93. The lowest BCUT2D eigenvalue weighted by Crippen LogP contribution is -2.05. The molecule has 5 nitrogen and oxygen atoms in total. The molecule has 1 rings (SSSR count). The monoisotopic (exact) mass is 295 g/mol. The van der Waals surface area contributed by atoms with Crippen molar-refractivity contribution >= 4 is 28.0 Å². The van der Waals surface area contributed by atoms with Gasteiger partial charge in [-0.05, 0) is 13.3 Å². The molecule has 0 saturated heterocycles. The molecule has 0 atom stereocenters. The number of hydrogen-bond acceptors (Lipinski definition) is 6. The molecule has 6 heteroatoms. The van der Waals surface area contributed by atoms with Gasteiger partial charge in [0.15, 0.2) is 0 Å². The highest BCUT2D eigenvalue weighted by Crippen LogP contribution is 2.35. The number of carbonyl (C=O) groups excluding carboxylic acids is 1. The predicted molar refractivity (Wildman–Crippen MR) is 82.0 cm³/mol. The Labute approximate surface area is 123 Å². The highest BCUT2D eigenvalue weighted by molar-refractivity contribution is 7.18. The zero-order valence-electron chi connectivity index (χ0n) is 12.0. The Balaban J connectivity index is 2.73. The number of rotatable bonds is 8. The second-order valence-corrected chi connectivity index (χ2v) is 5.39. The van der Waals surface area contributed by atoms with Gasteiger partial charge in [-0.25, -0.2) is 4.79 Å². The number of nitrogens with one attached hydrogen (secondary N) is 1. The van der Waals surface area contributed by atoms with E-state index in [1.807, 2.05) is 6.07 Å². The fourth-order valence-corrected chi connectivity index (χ4v) is 2.77. The van der Waals surface area contributed by atoms with Gasteiger partial charge in [0.05, 0.1) is 12.3 Å². The van der Waals surface area contributed by atoms with Gasteiger partial charge in [-0.15, -0.1) is 11.3 Å². The highest BCUT2D eigenvalue weighted by Gasteiger charge is 2.21. The van der Waals surface area contributed by atoms with Gasteiger partial charge in [-0.1, -0.05) is 26.2 Å². The van der Waals surface area contributed by atoms with Gasteiger partial charge in [0, 0.05) is 6.54 Å². The zero-order chi connectivity index (χ0) is 15.0. The van der Waals surface area contributed by atoms with Crippen LogP contribution in [0.5, 0.6) is 0 Å².